The van der Waals surface area contributed by atoms with Gasteiger partial charge >= 0.3 is 0 Å². The van der Waals surface area contributed by atoms with Crippen LogP contribution < -0.4 is 14.8 Å². The molecule has 0 fully saturated rings. The predicted molar refractivity (Wildman–Crippen MR) is 91.0 cm³/mol. The Labute approximate surface area is 148 Å². The van der Waals surface area contributed by atoms with Crippen LogP contribution in [-0.4, -0.2) is 24.0 Å². The highest BCUT2D eigenvalue weighted by Crippen LogP contribution is 2.33. The number of nitrogens with one attached hydrogen (secondary N) is 1. The largest absolute Gasteiger partial charge is 0.493 e. The Bertz CT molecular complexity index is 794. The van der Waals surface area contributed by atoms with Gasteiger partial charge < -0.3 is 14.8 Å². The van der Waals surface area contributed by atoms with Crippen LogP contribution >= 0.6 is 11.6 Å². The molecule has 8 heteroatoms. The van der Waals surface area contributed by atoms with Crippen molar-refractivity contribution in [3.63, 3.8) is 0 Å². The molecule has 7 nitrogen and oxygen atoms in total. The number of hydrogen-bond acceptors (Lipinski definition) is 5. The maximum atomic E-state index is 12.1. The van der Waals surface area contributed by atoms with Crippen LogP contribution in [0.25, 0.3) is 0 Å². The Kier molecular flexibility index (Phi) is 5.04. The molecule has 25 heavy (non-hydrogen) atoms. The summed E-state index contributed by atoms with van der Waals surface area (Å²) < 4.78 is 10.9. The van der Waals surface area contributed by atoms with Gasteiger partial charge in [-0.1, -0.05) is 11.6 Å². The minimum atomic E-state index is -0.496. The second kappa shape index (κ2) is 7.40. The minimum absolute atomic E-state index is 0.0347. The average molecular weight is 363 g/mol. The molecular formula is C17H15ClN2O5. The highest BCUT2D eigenvalue weighted by molar-refractivity contribution is 6.30. The third-order valence-corrected chi connectivity index (χ3v) is 4.00. The van der Waals surface area contributed by atoms with E-state index in [1.165, 1.54) is 24.3 Å². The smallest absolute Gasteiger partial charge is 0.269 e. The van der Waals surface area contributed by atoms with Gasteiger partial charge in [0.2, 0.25) is 0 Å². The second-order valence-electron chi connectivity index (χ2n) is 5.48. The topological polar surface area (TPSA) is 90.7 Å². The van der Waals surface area contributed by atoms with Gasteiger partial charge in [-0.15, -0.1) is 0 Å². The first-order chi connectivity index (χ1) is 12.0. The van der Waals surface area contributed by atoms with Gasteiger partial charge in [-0.2, -0.15) is 0 Å². The molecule has 2 aromatic rings. The van der Waals surface area contributed by atoms with Crippen LogP contribution in [0.4, 0.5) is 5.69 Å². The molecule has 0 radical (unpaired) electrons. The van der Waals surface area contributed by atoms with Crippen molar-refractivity contribution in [3.05, 3.63) is 63.2 Å². The zero-order chi connectivity index (χ0) is 17.8. The number of carbonyl (C=O) groups excluding carboxylic acids is 1. The number of halogens is 1. The Morgan fingerprint density at radius 1 is 1.32 bits per heavy atom. The van der Waals surface area contributed by atoms with E-state index >= 15 is 0 Å². The van der Waals surface area contributed by atoms with Crippen LogP contribution in [-0.2, 0) is 4.79 Å². The fourth-order valence-electron chi connectivity index (χ4n) is 2.56. The maximum Gasteiger partial charge on any atom is 0.269 e. The van der Waals surface area contributed by atoms with E-state index in [-0.39, 0.29) is 24.2 Å². The van der Waals surface area contributed by atoms with Gasteiger partial charge in [0, 0.05) is 29.1 Å². The number of hydrogen-bond donors (Lipinski definition) is 1. The van der Waals surface area contributed by atoms with Crippen LogP contribution in [0.5, 0.6) is 11.5 Å². The minimum Gasteiger partial charge on any atom is -0.493 e. The van der Waals surface area contributed by atoms with Gasteiger partial charge in [0.1, 0.15) is 11.5 Å². The van der Waals surface area contributed by atoms with E-state index in [1.54, 1.807) is 18.2 Å². The van der Waals surface area contributed by atoms with E-state index in [4.69, 9.17) is 21.1 Å². The molecular weight excluding hydrogens is 348 g/mol. The Morgan fingerprint density at radius 2 is 2.08 bits per heavy atom. The molecule has 3 rings (SSSR count). The number of ether oxygens (including phenoxy) is 2. The van der Waals surface area contributed by atoms with E-state index in [0.29, 0.717) is 29.5 Å². The van der Waals surface area contributed by atoms with Gasteiger partial charge in [0.15, 0.2) is 6.61 Å². The molecule has 0 saturated heterocycles. The van der Waals surface area contributed by atoms with Crippen LogP contribution in [0.1, 0.15) is 18.0 Å². The molecule has 1 amide bonds. The second-order valence-corrected chi connectivity index (χ2v) is 5.92. The van der Waals surface area contributed by atoms with E-state index < -0.39 is 4.92 Å². The number of nitro benzene ring substituents is 1. The SMILES string of the molecule is O=C(COc1ccc([N+](=O)[O-])cc1)NC1CCOc2ccc(Cl)cc21. The Balaban J connectivity index is 1.58. The fourth-order valence-corrected chi connectivity index (χ4v) is 2.74. The summed E-state index contributed by atoms with van der Waals surface area (Å²) >= 11 is 6.01. The standard InChI is InChI=1S/C17H15ClN2O5/c18-11-1-6-16-14(9-11)15(7-8-24-16)19-17(21)10-25-13-4-2-12(3-5-13)20(22)23/h1-6,9,15H,7-8,10H2,(H,19,21). The third-order valence-electron chi connectivity index (χ3n) is 3.76. The molecule has 0 spiro atoms. The molecule has 1 aliphatic heterocycles. The van der Waals surface area contributed by atoms with Crippen molar-refractivity contribution in [2.24, 2.45) is 0 Å². The summed E-state index contributed by atoms with van der Waals surface area (Å²) in [7, 11) is 0. The first-order valence-electron chi connectivity index (χ1n) is 7.62. The number of rotatable bonds is 5. The monoisotopic (exact) mass is 362 g/mol. The highest BCUT2D eigenvalue weighted by Gasteiger charge is 2.23. The number of benzene rings is 2. The Hall–Kier alpha value is -2.80. The van der Waals surface area contributed by atoms with Crippen LogP contribution in [0.3, 0.4) is 0 Å². The van der Waals surface area contributed by atoms with Crippen molar-refractivity contribution in [1.82, 2.24) is 5.32 Å². The molecule has 0 aliphatic carbocycles. The molecule has 1 unspecified atom stereocenters. The molecule has 1 atom stereocenters. The zero-order valence-electron chi connectivity index (χ0n) is 13.1. The van der Waals surface area contributed by atoms with Gasteiger partial charge in [-0.3, -0.25) is 14.9 Å². The lowest BCUT2D eigenvalue weighted by Gasteiger charge is -2.26. The highest BCUT2D eigenvalue weighted by atomic mass is 35.5. The van der Waals surface area contributed by atoms with Crippen molar-refractivity contribution in [1.29, 1.82) is 0 Å². The summed E-state index contributed by atoms with van der Waals surface area (Å²) in [6.45, 7) is 0.313. The third kappa shape index (κ3) is 4.19. The van der Waals surface area contributed by atoms with Crippen LogP contribution in [0.2, 0.25) is 5.02 Å². The molecule has 2 aromatic carbocycles. The predicted octanol–water partition coefficient (Wildman–Crippen LogP) is 3.27. The fraction of sp³-hybridized carbons (Fsp3) is 0.235. The number of nitrogens with zero attached hydrogens (tertiary/aromatic N) is 1. The normalized spacial score (nSPS) is 15.6. The van der Waals surface area contributed by atoms with Crippen molar-refractivity contribution in [2.45, 2.75) is 12.5 Å². The first-order valence-corrected chi connectivity index (χ1v) is 7.99. The summed E-state index contributed by atoms with van der Waals surface area (Å²) in [5, 5.41) is 14.1. The number of amides is 1. The summed E-state index contributed by atoms with van der Waals surface area (Å²) in [5.74, 6) is 0.796. The number of carbonyl (C=O) groups is 1. The van der Waals surface area contributed by atoms with E-state index in [2.05, 4.69) is 5.32 Å². The average Bonchev–Trinajstić information content (AvgIpc) is 2.61. The molecule has 0 bridgehead atoms. The van der Waals surface area contributed by atoms with Crippen molar-refractivity contribution in [3.8, 4) is 11.5 Å². The van der Waals surface area contributed by atoms with Crippen LogP contribution in [0, 0.1) is 10.1 Å². The lowest BCUT2D eigenvalue weighted by molar-refractivity contribution is -0.384. The van der Waals surface area contributed by atoms with Crippen molar-refractivity contribution >= 4 is 23.2 Å². The van der Waals surface area contributed by atoms with Crippen molar-refractivity contribution in [2.75, 3.05) is 13.2 Å². The molecule has 130 valence electrons. The van der Waals surface area contributed by atoms with Gasteiger partial charge in [0.25, 0.3) is 11.6 Å². The summed E-state index contributed by atoms with van der Waals surface area (Å²) in [6, 6.07) is 10.7. The first kappa shape index (κ1) is 17.0. The molecule has 0 aromatic heterocycles. The molecule has 1 heterocycles. The maximum absolute atomic E-state index is 12.1. The Morgan fingerprint density at radius 3 is 2.80 bits per heavy atom. The van der Waals surface area contributed by atoms with Gasteiger partial charge in [-0.25, -0.2) is 0 Å². The summed E-state index contributed by atoms with van der Waals surface area (Å²) in [4.78, 5) is 22.2. The summed E-state index contributed by atoms with van der Waals surface area (Å²) in [5.41, 5.74) is 0.801. The molecule has 0 saturated carbocycles. The lowest BCUT2D eigenvalue weighted by Crippen LogP contribution is -2.35. The molecule has 1 aliphatic rings. The quantitative estimate of drug-likeness (QED) is 0.651. The molecule has 1 N–H and O–H groups in total. The zero-order valence-corrected chi connectivity index (χ0v) is 13.9. The lowest BCUT2D eigenvalue weighted by atomic mass is 10.0. The van der Waals surface area contributed by atoms with Crippen molar-refractivity contribution < 1.29 is 19.2 Å². The van der Waals surface area contributed by atoms with E-state index in [9.17, 15) is 14.9 Å². The number of non-ortho nitro benzene ring substituents is 1. The van der Waals surface area contributed by atoms with E-state index in [0.717, 1.165) is 5.56 Å². The van der Waals surface area contributed by atoms with Gasteiger partial charge in [-0.05, 0) is 30.3 Å². The summed E-state index contributed by atoms with van der Waals surface area (Å²) in [6.07, 6.45) is 0.636. The van der Waals surface area contributed by atoms with Gasteiger partial charge in [0.05, 0.1) is 17.6 Å². The van der Waals surface area contributed by atoms with E-state index in [1.807, 2.05) is 0 Å². The number of fused-ring (bicyclic) bond motifs is 1. The number of nitro groups is 1. The van der Waals surface area contributed by atoms with Crippen LogP contribution in [0.15, 0.2) is 42.5 Å².